The summed E-state index contributed by atoms with van der Waals surface area (Å²) >= 11 is 0. The van der Waals surface area contributed by atoms with E-state index in [1.54, 1.807) is 32.4 Å². The number of nitrogens with zero attached hydrogens (tertiary/aromatic N) is 6. The van der Waals surface area contributed by atoms with Gasteiger partial charge in [0.15, 0.2) is 11.6 Å². The number of anilines is 1. The second-order valence-corrected chi connectivity index (χ2v) is 5.78. The number of hydrogen-bond acceptors (Lipinski definition) is 6. The molecule has 2 N–H and O–H groups in total. The largest absolute Gasteiger partial charge is 0.416 e. The highest BCUT2D eigenvalue weighted by molar-refractivity contribution is 5.71. The second-order valence-electron chi connectivity index (χ2n) is 5.78. The lowest BCUT2D eigenvalue weighted by atomic mass is 10.1. The van der Waals surface area contributed by atoms with Gasteiger partial charge in [0.2, 0.25) is 0 Å². The minimum Gasteiger partial charge on any atom is -0.313 e. The first-order valence-electron chi connectivity index (χ1n) is 7.76. The summed E-state index contributed by atoms with van der Waals surface area (Å²) in [5.74, 6) is 6.26. The number of halogens is 3. The molecular formula is C17H16F3N7. The van der Waals surface area contributed by atoms with Crippen LogP contribution in [-0.4, -0.2) is 31.8 Å². The summed E-state index contributed by atoms with van der Waals surface area (Å²) in [4.78, 5) is 8.33. The Balaban J connectivity index is 2.08. The van der Waals surface area contributed by atoms with E-state index in [2.05, 4.69) is 26.7 Å². The minimum absolute atomic E-state index is 0.0598. The van der Waals surface area contributed by atoms with Crippen molar-refractivity contribution in [3.05, 3.63) is 48.3 Å². The smallest absolute Gasteiger partial charge is 0.313 e. The summed E-state index contributed by atoms with van der Waals surface area (Å²) in [6.07, 6.45) is -0.238. The van der Waals surface area contributed by atoms with E-state index in [9.17, 15) is 13.2 Å². The predicted molar refractivity (Wildman–Crippen MR) is 95.1 cm³/mol. The summed E-state index contributed by atoms with van der Waals surface area (Å²) in [5, 5.41) is 9.47. The van der Waals surface area contributed by atoms with Gasteiger partial charge in [-0.2, -0.15) is 13.2 Å². The molecular weight excluding hydrogens is 359 g/mol. The average molecular weight is 375 g/mol. The quantitative estimate of drug-likeness (QED) is 0.557. The van der Waals surface area contributed by atoms with Crippen LogP contribution in [0.1, 0.15) is 11.1 Å². The Morgan fingerprint density at radius 3 is 2.52 bits per heavy atom. The van der Waals surface area contributed by atoms with E-state index in [-0.39, 0.29) is 11.5 Å². The Hall–Kier alpha value is -3.27. The van der Waals surface area contributed by atoms with E-state index in [0.717, 1.165) is 18.3 Å². The molecule has 0 fully saturated rings. The maximum atomic E-state index is 13.0. The Morgan fingerprint density at radius 1 is 1.19 bits per heavy atom. The molecule has 0 saturated carbocycles. The van der Waals surface area contributed by atoms with Gasteiger partial charge in [-0.15, -0.1) is 10.2 Å². The zero-order valence-corrected chi connectivity index (χ0v) is 14.6. The summed E-state index contributed by atoms with van der Waals surface area (Å²) in [6, 6.07) is 3.61. The molecule has 7 nitrogen and oxygen atoms in total. The van der Waals surface area contributed by atoms with E-state index in [1.165, 1.54) is 9.58 Å². The molecule has 3 heterocycles. The van der Waals surface area contributed by atoms with Crippen molar-refractivity contribution in [2.75, 3.05) is 12.1 Å². The molecule has 0 aliphatic carbocycles. The van der Waals surface area contributed by atoms with Crippen molar-refractivity contribution in [3.63, 3.8) is 0 Å². The summed E-state index contributed by atoms with van der Waals surface area (Å²) in [7, 11) is 3.30. The van der Waals surface area contributed by atoms with Gasteiger partial charge in [0, 0.05) is 25.9 Å². The molecule has 0 aromatic carbocycles. The van der Waals surface area contributed by atoms with Crippen LogP contribution < -0.4 is 10.9 Å². The van der Waals surface area contributed by atoms with Crippen LogP contribution in [0.4, 0.5) is 18.9 Å². The Bertz CT molecular complexity index is 992. The molecule has 10 heteroatoms. The van der Waals surface area contributed by atoms with Gasteiger partial charge in [-0.3, -0.25) is 9.97 Å². The van der Waals surface area contributed by atoms with E-state index >= 15 is 0 Å². The summed E-state index contributed by atoms with van der Waals surface area (Å²) in [6.45, 7) is 3.76. The molecule has 0 radical (unpaired) electrons. The van der Waals surface area contributed by atoms with Crippen molar-refractivity contribution in [2.24, 2.45) is 12.9 Å². The SMILES string of the molecule is C=Cc1cc(N(C)N)cnc1-c1nnc(-c2cc(C(F)(F)F)ccn2)n1C. The molecule has 140 valence electrons. The van der Waals surface area contributed by atoms with Gasteiger partial charge in [0.1, 0.15) is 11.4 Å². The molecule has 0 spiro atoms. The van der Waals surface area contributed by atoms with Gasteiger partial charge in [-0.25, -0.2) is 5.84 Å². The zero-order chi connectivity index (χ0) is 19.8. The molecule has 3 aromatic heterocycles. The molecule has 0 aliphatic heterocycles. The van der Waals surface area contributed by atoms with Gasteiger partial charge in [-0.05, 0) is 18.2 Å². The van der Waals surface area contributed by atoms with E-state index in [1.807, 2.05) is 0 Å². The highest BCUT2D eigenvalue weighted by atomic mass is 19.4. The maximum Gasteiger partial charge on any atom is 0.416 e. The maximum absolute atomic E-state index is 13.0. The summed E-state index contributed by atoms with van der Waals surface area (Å²) < 4.78 is 40.4. The van der Waals surface area contributed by atoms with Crippen LogP contribution in [0.2, 0.25) is 0 Å². The molecule has 0 atom stereocenters. The highest BCUT2D eigenvalue weighted by Crippen LogP contribution is 2.32. The van der Waals surface area contributed by atoms with Crippen LogP contribution in [0.15, 0.2) is 37.2 Å². The third-order valence-electron chi connectivity index (χ3n) is 3.93. The van der Waals surface area contributed by atoms with Crippen LogP contribution in [0.5, 0.6) is 0 Å². The Labute approximate surface area is 153 Å². The fourth-order valence-electron chi connectivity index (χ4n) is 2.49. The summed E-state index contributed by atoms with van der Waals surface area (Å²) in [5.41, 5.74) is 1.05. The number of alkyl halides is 3. The van der Waals surface area contributed by atoms with Gasteiger partial charge < -0.3 is 9.58 Å². The fraction of sp³-hybridized carbons (Fsp3) is 0.176. The van der Waals surface area contributed by atoms with Crippen LogP contribution in [0.25, 0.3) is 29.1 Å². The van der Waals surface area contributed by atoms with E-state index in [0.29, 0.717) is 22.8 Å². The minimum atomic E-state index is -4.47. The van der Waals surface area contributed by atoms with E-state index < -0.39 is 11.7 Å². The number of nitrogens with two attached hydrogens (primary N) is 1. The first-order valence-corrected chi connectivity index (χ1v) is 7.76. The lowest BCUT2D eigenvalue weighted by Crippen LogP contribution is -2.25. The van der Waals surface area contributed by atoms with Gasteiger partial charge in [0.25, 0.3) is 0 Å². The van der Waals surface area contributed by atoms with Crippen molar-refractivity contribution in [1.82, 2.24) is 24.7 Å². The number of aromatic nitrogens is 5. The highest BCUT2D eigenvalue weighted by Gasteiger charge is 2.31. The second kappa shape index (κ2) is 6.80. The van der Waals surface area contributed by atoms with Gasteiger partial charge in [0.05, 0.1) is 17.4 Å². The number of hydrazine groups is 1. The molecule has 27 heavy (non-hydrogen) atoms. The topological polar surface area (TPSA) is 85.8 Å². The Kier molecular flexibility index (Phi) is 4.66. The normalized spacial score (nSPS) is 11.5. The van der Waals surface area contributed by atoms with Crippen molar-refractivity contribution in [1.29, 1.82) is 0 Å². The molecule has 0 unspecified atom stereocenters. The molecule has 0 amide bonds. The van der Waals surface area contributed by atoms with Crippen LogP contribution in [-0.2, 0) is 13.2 Å². The fourth-order valence-corrected chi connectivity index (χ4v) is 2.49. The lowest BCUT2D eigenvalue weighted by molar-refractivity contribution is -0.137. The first kappa shape index (κ1) is 18.5. The monoisotopic (exact) mass is 375 g/mol. The molecule has 0 saturated heterocycles. The molecule has 3 rings (SSSR count). The standard InChI is InChI=1S/C17H16F3N7/c1-4-10-7-12(27(3)21)9-23-14(10)16-25-24-15(26(16)2)13-8-11(5-6-22-13)17(18,19)20/h4-9H,1,21H2,2-3H3. The van der Waals surface area contributed by atoms with Crippen molar-refractivity contribution in [3.8, 4) is 23.0 Å². The predicted octanol–water partition coefficient (Wildman–Crippen LogP) is 2.91. The average Bonchev–Trinajstić information content (AvgIpc) is 3.01. The van der Waals surface area contributed by atoms with Crippen molar-refractivity contribution in [2.45, 2.75) is 6.18 Å². The lowest BCUT2D eigenvalue weighted by Gasteiger charge is -2.14. The molecule has 0 aliphatic rings. The third kappa shape index (κ3) is 3.51. The number of pyridine rings is 2. The van der Waals surface area contributed by atoms with Crippen LogP contribution in [0, 0.1) is 0 Å². The Morgan fingerprint density at radius 2 is 1.89 bits per heavy atom. The zero-order valence-electron chi connectivity index (χ0n) is 14.6. The molecule has 3 aromatic rings. The number of hydrogen-bond donors (Lipinski definition) is 1. The van der Waals surface area contributed by atoms with E-state index in [4.69, 9.17) is 5.84 Å². The van der Waals surface area contributed by atoms with Crippen LogP contribution in [0.3, 0.4) is 0 Å². The van der Waals surface area contributed by atoms with Gasteiger partial charge in [-0.1, -0.05) is 12.7 Å². The van der Waals surface area contributed by atoms with Crippen molar-refractivity contribution >= 4 is 11.8 Å². The van der Waals surface area contributed by atoms with Crippen molar-refractivity contribution < 1.29 is 13.2 Å². The van der Waals surface area contributed by atoms with Gasteiger partial charge >= 0.3 is 6.18 Å². The third-order valence-corrected chi connectivity index (χ3v) is 3.93. The van der Waals surface area contributed by atoms with Crippen LogP contribution >= 0.6 is 0 Å². The molecule has 0 bridgehead atoms. The number of rotatable bonds is 4. The first-order chi connectivity index (χ1) is 12.7.